The Morgan fingerprint density at radius 3 is 2.71 bits per heavy atom. The molecule has 1 heterocycles. The monoisotopic (exact) mass is 251 g/mol. The van der Waals surface area contributed by atoms with E-state index in [0.29, 0.717) is 11.9 Å². The normalized spacial score (nSPS) is 12.4. The maximum absolute atomic E-state index is 5.58. The fourth-order valence-electron chi connectivity index (χ4n) is 1.60. The van der Waals surface area contributed by atoms with Gasteiger partial charge in [-0.15, -0.1) is 16.7 Å². The number of halogens is 1. The van der Waals surface area contributed by atoms with E-state index >= 15 is 0 Å². The van der Waals surface area contributed by atoms with E-state index in [-0.39, 0.29) is 11.9 Å². The first kappa shape index (κ1) is 11.9. The standard InChI is InChI=1S/C12H14ClN3O/c1-9(7-10-5-3-2-4-6-10)14-12-16-15-11(8-13)17-12/h2-6,9H,7-8H2,1H3,(H,14,16). The van der Waals surface area contributed by atoms with Crippen LogP contribution in [0.1, 0.15) is 18.4 Å². The minimum Gasteiger partial charge on any atom is -0.407 e. The quantitative estimate of drug-likeness (QED) is 0.831. The molecule has 0 aliphatic heterocycles. The van der Waals surface area contributed by atoms with Crippen molar-refractivity contribution < 1.29 is 4.42 Å². The van der Waals surface area contributed by atoms with E-state index in [1.165, 1.54) is 5.56 Å². The van der Waals surface area contributed by atoms with Gasteiger partial charge in [0, 0.05) is 6.04 Å². The number of rotatable bonds is 5. The molecule has 1 unspecified atom stereocenters. The van der Waals surface area contributed by atoms with Crippen molar-refractivity contribution in [3.8, 4) is 0 Å². The van der Waals surface area contributed by atoms with E-state index in [1.807, 2.05) is 18.2 Å². The Morgan fingerprint density at radius 2 is 2.06 bits per heavy atom. The summed E-state index contributed by atoms with van der Waals surface area (Å²) in [4.78, 5) is 0. The van der Waals surface area contributed by atoms with Gasteiger partial charge in [0.15, 0.2) is 0 Å². The molecule has 1 N–H and O–H groups in total. The first-order chi connectivity index (χ1) is 8.28. The van der Waals surface area contributed by atoms with Crippen LogP contribution < -0.4 is 5.32 Å². The van der Waals surface area contributed by atoms with Crippen LogP contribution in [-0.4, -0.2) is 16.2 Å². The fraction of sp³-hybridized carbons (Fsp3) is 0.333. The summed E-state index contributed by atoms with van der Waals surface area (Å²) in [6, 6.07) is 10.9. The molecule has 0 bridgehead atoms. The molecule has 0 aliphatic carbocycles. The Hall–Kier alpha value is -1.55. The van der Waals surface area contributed by atoms with Crippen LogP contribution >= 0.6 is 11.6 Å². The largest absolute Gasteiger partial charge is 0.407 e. The van der Waals surface area contributed by atoms with Gasteiger partial charge in [-0.2, -0.15) is 0 Å². The van der Waals surface area contributed by atoms with Crippen LogP contribution in [-0.2, 0) is 12.3 Å². The second kappa shape index (κ2) is 5.68. The van der Waals surface area contributed by atoms with Crippen molar-refractivity contribution in [2.45, 2.75) is 25.3 Å². The van der Waals surface area contributed by atoms with E-state index in [0.717, 1.165) is 6.42 Å². The van der Waals surface area contributed by atoms with Gasteiger partial charge in [0.2, 0.25) is 5.89 Å². The lowest BCUT2D eigenvalue weighted by Gasteiger charge is -2.11. The summed E-state index contributed by atoms with van der Waals surface area (Å²) in [6.45, 7) is 2.07. The highest BCUT2D eigenvalue weighted by Gasteiger charge is 2.08. The molecular weight excluding hydrogens is 238 g/mol. The van der Waals surface area contributed by atoms with Crippen molar-refractivity contribution in [2.24, 2.45) is 0 Å². The van der Waals surface area contributed by atoms with Crippen LogP contribution in [0.5, 0.6) is 0 Å². The molecule has 0 fully saturated rings. The molecule has 2 rings (SSSR count). The van der Waals surface area contributed by atoms with Crippen LogP contribution in [0.15, 0.2) is 34.7 Å². The maximum Gasteiger partial charge on any atom is 0.315 e. The van der Waals surface area contributed by atoms with Crippen molar-refractivity contribution in [1.82, 2.24) is 10.2 Å². The average Bonchev–Trinajstić information content (AvgIpc) is 2.78. The van der Waals surface area contributed by atoms with Crippen molar-refractivity contribution in [3.63, 3.8) is 0 Å². The van der Waals surface area contributed by atoms with E-state index in [9.17, 15) is 0 Å². The number of hydrogen-bond acceptors (Lipinski definition) is 4. The SMILES string of the molecule is CC(Cc1ccccc1)Nc1nnc(CCl)o1. The minimum atomic E-state index is 0.223. The summed E-state index contributed by atoms with van der Waals surface area (Å²) in [5.74, 6) is 0.669. The van der Waals surface area contributed by atoms with E-state index in [2.05, 4.69) is 34.6 Å². The van der Waals surface area contributed by atoms with Gasteiger partial charge in [0.25, 0.3) is 0 Å². The molecule has 0 aliphatic rings. The number of nitrogens with one attached hydrogen (secondary N) is 1. The Morgan fingerprint density at radius 1 is 1.29 bits per heavy atom. The zero-order valence-corrected chi connectivity index (χ0v) is 10.3. The zero-order valence-electron chi connectivity index (χ0n) is 9.56. The topological polar surface area (TPSA) is 51.0 Å². The lowest BCUT2D eigenvalue weighted by molar-refractivity contribution is 0.519. The summed E-state index contributed by atoms with van der Waals surface area (Å²) in [7, 11) is 0. The van der Waals surface area contributed by atoms with E-state index < -0.39 is 0 Å². The molecule has 0 saturated heterocycles. The lowest BCUT2D eigenvalue weighted by atomic mass is 10.1. The third kappa shape index (κ3) is 3.46. The molecule has 4 nitrogen and oxygen atoms in total. The van der Waals surface area contributed by atoms with Crippen LogP contribution in [0.2, 0.25) is 0 Å². The highest BCUT2D eigenvalue weighted by atomic mass is 35.5. The first-order valence-corrected chi connectivity index (χ1v) is 6.00. The number of anilines is 1. The molecule has 0 radical (unpaired) electrons. The molecule has 1 atom stereocenters. The second-order valence-electron chi connectivity index (χ2n) is 3.87. The highest BCUT2D eigenvalue weighted by Crippen LogP contribution is 2.11. The van der Waals surface area contributed by atoms with Crippen molar-refractivity contribution in [3.05, 3.63) is 41.8 Å². The summed E-state index contributed by atoms with van der Waals surface area (Å²) < 4.78 is 5.28. The van der Waals surface area contributed by atoms with Gasteiger partial charge >= 0.3 is 6.01 Å². The van der Waals surface area contributed by atoms with Crippen LogP contribution in [0.4, 0.5) is 6.01 Å². The maximum atomic E-state index is 5.58. The van der Waals surface area contributed by atoms with Gasteiger partial charge in [-0.05, 0) is 18.9 Å². The van der Waals surface area contributed by atoms with Crippen LogP contribution in [0.25, 0.3) is 0 Å². The molecule has 2 aromatic rings. The number of benzene rings is 1. The second-order valence-corrected chi connectivity index (χ2v) is 4.14. The molecule has 0 amide bonds. The van der Waals surface area contributed by atoms with Gasteiger partial charge in [-0.3, -0.25) is 0 Å². The molecule has 0 spiro atoms. The molecule has 90 valence electrons. The minimum absolute atomic E-state index is 0.223. The van der Waals surface area contributed by atoms with Gasteiger partial charge in [0.1, 0.15) is 5.88 Å². The van der Waals surface area contributed by atoms with Crippen molar-refractivity contribution >= 4 is 17.6 Å². The van der Waals surface area contributed by atoms with E-state index in [1.54, 1.807) is 0 Å². The van der Waals surface area contributed by atoms with E-state index in [4.69, 9.17) is 16.0 Å². The van der Waals surface area contributed by atoms with Crippen LogP contribution in [0, 0.1) is 0 Å². The zero-order chi connectivity index (χ0) is 12.1. The van der Waals surface area contributed by atoms with Gasteiger partial charge < -0.3 is 9.73 Å². The predicted octanol–water partition coefficient (Wildman–Crippen LogP) is 2.85. The Bertz CT molecular complexity index is 458. The highest BCUT2D eigenvalue weighted by molar-refractivity contribution is 6.16. The summed E-state index contributed by atoms with van der Waals surface area (Å²) in [5.41, 5.74) is 1.27. The number of alkyl halides is 1. The van der Waals surface area contributed by atoms with Gasteiger partial charge in [0.05, 0.1) is 0 Å². The Balaban J connectivity index is 1.91. The van der Waals surface area contributed by atoms with Crippen molar-refractivity contribution in [1.29, 1.82) is 0 Å². The first-order valence-electron chi connectivity index (χ1n) is 5.46. The number of hydrogen-bond donors (Lipinski definition) is 1. The molecule has 1 aromatic heterocycles. The molecule has 0 saturated carbocycles. The summed E-state index contributed by atoms with van der Waals surface area (Å²) in [5, 5.41) is 10.8. The van der Waals surface area contributed by atoms with Crippen molar-refractivity contribution in [2.75, 3.05) is 5.32 Å². The molecule has 17 heavy (non-hydrogen) atoms. The number of aromatic nitrogens is 2. The fourth-order valence-corrected chi connectivity index (χ4v) is 1.70. The summed E-state index contributed by atoms with van der Waals surface area (Å²) in [6.07, 6.45) is 0.902. The Labute approximate surface area is 105 Å². The van der Waals surface area contributed by atoms with Crippen LogP contribution in [0.3, 0.4) is 0 Å². The number of nitrogens with zero attached hydrogens (tertiary/aromatic N) is 2. The Kier molecular flexibility index (Phi) is 3.98. The smallest absolute Gasteiger partial charge is 0.315 e. The molecule has 5 heteroatoms. The third-order valence-electron chi connectivity index (χ3n) is 2.34. The predicted molar refractivity (Wildman–Crippen MR) is 67.1 cm³/mol. The lowest BCUT2D eigenvalue weighted by Crippen LogP contribution is -2.18. The van der Waals surface area contributed by atoms with Gasteiger partial charge in [-0.1, -0.05) is 35.4 Å². The third-order valence-corrected chi connectivity index (χ3v) is 2.56. The average molecular weight is 252 g/mol. The van der Waals surface area contributed by atoms with Gasteiger partial charge in [-0.25, -0.2) is 0 Å². The molecule has 1 aromatic carbocycles. The summed E-state index contributed by atoms with van der Waals surface area (Å²) >= 11 is 5.58. The molecular formula is C12H14ClN3O.